The Hall–Kier alpha value is -3.54. The molecule has 0 saturated heterocycles. The molecule has 26 heavy (non-hydrogen) atoms. The second-order valence-corrected chi connectivity index (χ2v) is 5.79. The summed E-state index contributed by atoms with van der Waals surface area (Å²) in [6.07, 6.45) is 5.83. The number of hydrogen-bond acceptors (Lipinski definition) is 4. The van der Waals surface area contributed by atoms with Gasteiger partial charge in [0.2, 0.25) is 5.91 Å². The van der Waals surface area contributed by atoms with E-state index in [1.54, 1.807) is 18.5 Å². The van der Waals surface area contributed by atoms with E-state index in [1.165, 1.54) is 24.8 Å². The zero-order valence-electron chi connectivity index (χ0n) is 14.3. The topological polar surface area (TPSA) is 84.0 Å². The maximum Gasteiger partial charge on any atom is 0.255 e. The van der Waals surface area contributed by atoms with Crippen molar-refractivity contribution < 1.29 is 9.59 Å². The van der Waals surface area contributed by atoms with E-state index in [-0.39, 0.29) is 11.8 Å². The Bertz CT molecular complexity index is 909. The third-order valence-corrected chi connectivity index (χ3v) is 3.70. The van der Waals surface area contributed by atoms with Crippen molar-refractivity contribution in [1.82, 2.24) is 9.97 Å². The normalized spacial score (nSPS) is 10.2. The van der Waals surface area contributed by atoms with Crippen molar-refractivity contribution >= 4 is 23.3 Å². The average Bonchev–Trinajstić information content (AvgIpc) is 2.64. The second-order valence-electron chi connectivity index (χ2n) is 5.79. The molecule has 2 aromatic heterocycles. The number of aromatic nitrogens is 2. The number of anilines is 2. The first-order valence-corrected chi connectivity index (χ1v) is 8.13. The lowest BCUT2D eigenvalue weighted by atomic mass is 10.1. The number of nitrogens with zero attached hydrogens (tertiary/aromatic N) is 2. The molecule has 6 nitrogen and oxygen atoms in total. The first-order chi connectivity index (χ1) is 12.6. The molecule has 2 heterocycles. The van der Waals surface area contributed by atoms with E-state index in [2.05, 4.69) is 20.6 Å². The van der Waals surface area contributed by atoms with Gasteiger partial charge in [-0.25, -0.2) is 4.98 Å². The summed E-state index contributed by atoms with van der Waals surface area (Å²) in [6, 6.07) is 14.8. The summed E-state index contributed by atoms with van der Waals surface area (Å²) in [6.45, 7) is 1.39. The lowest BCUT2D eigenvalue weighted by Gasteiger charge is -2.08. The predicted octanol–water partition coefficient (Wildman–Crippen LogP) is 3.28. The highest BCUT2D eigenvalue weighted by Crippen LogP contribution is 2.15. The first kappa shape index (κ1) is 17.3. The molecule has 0 aliphatic carbocycles. The highest BCUT2D eigenvalue weighted by atomic mass is 16.2. The molecule has 3 aromatic rings. The fourth-order valence-electron chi connectivity index (χ4n) is 2.47. The molecule has 2 N–H and O–H groups in total. The number of carbonyl (C=O) groups excluding carboxylic acids is 2. The summed E-state index contributed by atoms with van der Waals surface area (Å²) in [7, 11) is 0. The molecule has 0 aliphatic heterocycles. The molecule has 2 amide bonds. The van der Waals surface area contributed by atoms with Crippen LogP contribution in [0.1, 0.15) is 28.4 Å². The summed E-state index contributed by atoms with van der Waals surface area (Å²) in [4.78, 5) is 31.5. The lowest BCUT2D eigenvalue weighted by molar-refractivity contribution is -0.114. The van der Waals surface area contributed by atoms with Crippen molar-refractivity contribution in [3.05, 3.63) is 83.8 Å². The zero-order valence-corrected chi connectivity index (χ0v) is 14.3. The molecule has 0 fully saturated rings. The summed E-state index contributed by atoms with van der Waals surface area (Å²) >= 11 is 0. The third kappa shape index (κ3) is 4.73. The number of amides is 2. The largest absolute Gasteiger partial charge is 0.322 e. The fraction of sp³-hybridized carbons (Fsp3) is 0.100. The van der Waals surface area contributed by atoms with Gasteiger partial charge in [-0.3, -0.25) is 14.6 Å². The molecule has 3 rings (SSSR count). The van der Waals surface area contributed by atoms with Crippen LogP contribution in [0.2, 0.25) is 0 Å². The Morgan fingerprint density at radius 3 is 2.27 bits per heavy atom. The van der Waals surface area contributed by atoms with Gasteiger partial charge in [-0.05, 0) is 53.9 Å². The van der Waals surface area contributed by atoms with Gasteiger partial charge >= 0.3 is 0 Å². The van der Waals surface area contributed by atoms with Crippen LogP contribution >= 0.6 is 0 Å². The van der Waals surface area contributed by atoms with Crippen molar-refractivity contribution in [3.8, 4) is 0 Å². The van der Waals surface area contributed by atoms with Crippen LogP contribution in [0.4, 0.5) is 11.5 Å². The van der Waals surface area contributed by atoms with Crippen LogP contribution in [-0.2, 0) is 11.2 Å². The number of rotatable bonds is 5. The minimum Gasteiger partial charge on any atom is -0.322 e. The molecule has 0 bridgehead atoms. The molecule has 0 atom stereocenters. The molecule has 1 aromatic carbocycles. The van der Waals surface area contributed by atoms with E-state index >= 15 is 0 Å². The van der Waals surface area contributed by atoms with Gasteiger partial charge in [-0.15, -0.1) is 0 Å². The Morgan fingerprint density at radius 1 is 0.885 bits per heavy atom. The number of benzene rings is 1. The van der Waals surface area contributed by atoms with E-state index in [9.17, 15) is 9.59 Å². The summed E-state index contributed by atoms with van der Waals surface area (Å²) in [5.41, 5.74) is 3.45. The molecule has 130 valence electrons. The molecular formula is C20H18N4O2. The quantitative estimate of drug-likeness (QED) is 0.742. The van der Waals surface area contributed by atoms with Crippen LogP contribution in [-0.4, -0.2) is 21.8 Å². The van der Waals surface area contributed by atoms with Gasteiger partial charge in [0.15, 0.2) is 0 Å². The van der Waals surface area contributed by atoms with Crippen molar-refractivity contribution in [2.45, 2.75) is 13.3 Å². The van der Waals surface area contributed by atoms with E-state index < -0.39 is 0 Å². The van der Waals surface area contributed by atoms with Crippen molar-refractivity contribution in [3.63, 3.8) is 0 Å². The van der Waals surface area contributed by atoms with Crippen LogP contribution in [0.3, 0.4) is 0 Å². The van der Waals surface area contributed by atoms with Gasteiger partial charge in [-0.2, -0.15) is 0 Å². The van der Waals surface area contributed by atoms with Crippen molar-refractivity contribution in [2.24, 2.45) is 0 Å². The zero-order chi connectivity index (χ0) is 18.4. The highest BCUT2D eigenvalue weighted by molar-refractivity contribution is 6.05. The predicted molar refractivity (Wildman–Crippen MR) is 100.0 cm³/mol. The van der Waals surface area contributed by atoms with Gasteiger partial charge in [0, 0.05) is 36.8 Å². The van der Waals surface area contributed by atoms with Gasteiger partial charge in [0.05, 0.1) is 0 Å². The first-order valence-electron chi connectivity index (χ1n) is 8.13. The maximum absolute atomic E-state index is 12.4. The molecule has 0 aliphatic rings. The summed E-state index contributed by atoms with van der Waals surface area (Å²) < 4.78 is 0. The summed E-state index contributed by atoms with van der Waals surface area (Å²) in [5.74, 6) is -0.154. The molecule has 0 unspecified atom stereocenters. The Kier molecular flexibility index (Phi) is 5.34. The van der Waals surface area contributed by atoms with E-state index in [4.69, 9.17) is 0 Å². The van der Waals surface area contributed by atoms with E-state index in [1.807, 2.05) is 36.4 Å². The fourth-order valence-corrected chi connectivity index (χ4v) is 2.47. The SMILES string of the molecule is CC(=O)Nc1cc(C(=O)Nc2ccc(Cc3ccncc3)cc2)ccn1. The monoisotopic (exact) mass is 346 g/mol. The van der Waals surface area contributed by atoms with E-state index in [0.29, 0.717) is 17.1 Å². The molecule has 0 radical (unpaired) electrons. The van der Waals surface area contributed by atoms with Crippen LogP contribution < -0.4 is 10.6 Å². The smallest absolute Gasteiger partial charge is 0.255 e. The number of carbonyl (C=O) groups is 2. The standard InChI is InChI=1S/C20H18N4O2/c1-14(25)23-19-13-17(8-11-22-19)20(26)24-18-4-2-15(3-5-18)12-16-6-9-21-10-7-16/h2-11,13H,12H2,1H3,(H,24,26)(H,22,23,25). The molecular weight excluding hydrogens is 328 g/mol. The van der Waals surface area contributed by atoms with Gasteiger partial charge in [0.25, 0.3) is 5.91 Å². The Balaban J connectivity index is 1.65. The average molecular weight is 346 g/mol. The highest BCUT2D eigenvalue weighted by Gasteiger charge is 2.08. The van der Waals surface area contributed by atoms with Crippen molar-refractivity contribution in [2.75, 3.05) is 10.6 Å². The number of hydrogen-bond donors (Lipinski definition) is 2. The van der Waals surface area contributed by atoms with Crippen LogP contribution in [0.15, 0.2) is 67.1 Å². The van der Waals surface area contributed by atoms with Gasteiger partial charge in [0.1, 0.15) is 5.82 Å². The van der Waals surface area contributed by atoms with Crippen LogP contribution in [0.25, 0.3) is 0 Å². The van der Waals surface area contributed by atoms with Crippen LogP contribution in [0, 0.1) is 0 Å². The van der Waals surface area contributed by atoms with Gasteiger partial charge in [-0.1, -0.05) is 12.1 Å². The Labute approximate surface area is 151 Å². The maximum atomic E-state index is 12.4. The second kappa shape index (κ2) is 8.02. The van der Waals surface area contributed by atoms with Crippen molar-refractivity contribution in [1.29, 1.82) is 0 Å². The van der Waals surface area contributed by atoms with E-state index in [0.717, 1.165) is 12.0 Å². The number of pyridine rings is 2. The molecule has 0 saturated carbocycles. The van der Waals surface area contributed by atoms with Gasteiger partial charge < -0.3 is 10.6 Å². The molecule has 6 heteroatoms. The third-order valence-electron chi connectivity index (χ3n) is 3.70. The number of nitrogens with one attached hydrogen (secondary N) is 2. The lowest BCUT2D eigenvalue weighted by Crippen LogP contribution is -2.13. The van der Waals surface area contributed by atoms with Crippen LogP contribution in [0.5, 0.6) is 0 Å². The minimum atomic E-state index is -0.263. The minimum absolute atomic E-state index is 0.236. The summed E-state index contributed by atoms with van der Waals surface area (Å²) in [5, 5.41) is 5.40. The Morgan fingerprint density at radius 2 is 1.58 bits per heavy atom. The molecule has 0 spiro atoms.